The van der Waals surface area contributed by atoms with E-state index in [0.29, 0.717) is 11.1 Å². The van der Waals surface area contributed by atoms with Gasteiger partial charge in [0, 0.05) is 18.0 Å². The van der Waals surface area contributed by atoms with Crippen LogP contribution in [0.15, 0.2) is 18.2 Å². The number of hydrogen-bond acceptors (Lipinski definition) is 2. The van der Waals surface area contributed by atoms with Crippen molar-refractivity contribution in [1.29, 1.82) is 0 Å². The van der Waals surface area contributed by atoms with E-state index in [2.05, 4.69) is 5.32 Å². The Labute approximate surface area is 111 Å². The van der Waals surface area contributed by atoms with Crippen LogP contribution < -0.4 is 5.32 Å². The van der Waals surface area contributed by atoms with Gasteiger partial charge in [-0.25, -0.2) is 0 Å². The maximum Gasteiger partial charge on any atom is 0.416 e. The molecule has 106 valence electrons. The number of alkyl halides is 3. The molecule has 0 aliphatic rings. The van der Waals surface area contributed by atoms with Crippen LogP contribution >= 0.6 is 0 Å². The molecule has 1 aromatic rings. The highest BCUT2D eigenvalue weighted by atomic mass is 19.4. The summed E-state index contributed by atoms with van der Waals surface area (Å²) in [5.74, 6) is -0.139. The largest absolute Gasteiger partial charge is 0.416 e. The lowest BCUT2D eigenvalue weighted by molar-refractivity contribution is -0.137. The topological polar surface area (TPSA) is 29.1 Å². The fraction of sp³-hybridized carbons (Fsp3) is 0.500. The van der Waals surface area contributed by atoms with Crippen LogP contribution in [0.1, 0.15) is 41.8 Å². The van der Waals surface area contributed by atoms with Crippen LogP contribution in [0.5, 0.6) is 0 Å². The van der Waals surface area contributed by atoms with Gasteiger partial charge in [-0.15, -0.1) is 0 Å². The molecule has 0 saturated heterocycles. The Hall–Kier alpha value is -1.36. The molecule has 0 heterocycles. The smallest absolute Gasteiger partial charge is 0.314 e. The molecule has 0 aliphatic carbocycles. The standard InChI is InChI=1S/C14H18F3NO/c1-4-18-10(3)8-13(19)12-6-5-11(7-9(12)2)14(15,16)17/h5-7,10,18H,4,8H2,1-3H3. The quantitative estimate of drug-likeness (QED) is 0.831. The highest BCUT2D eigenvalue weighted by Gasteiger charge is 2.31. The Morgan fingerprint density at radius 2 is 2.00 bits per heavy atom. The summed E-state index contributed by atoms with van der Waals surface area (Å²) >= 11 is 0. The number of rotatable bonds is 5. The molecule has 0 radical (unpaired) electrons. The zero-order chi connectivity index (χ0) is 14.6. The van der Waals surface area contributed by atoms with E-state index in [1.54, 1.807) is 0 Å². The molecule has 1 rings (SSSR count). The average Bonchev–Trinajstić information content (AvgIpc) is 2.27. The summed E-state index contributed by atoms with van der Waals surface area (Å²) in [5, 5.41) is 3.10. The number of aryl methyl sites for hydroxylation is 1. The van der Waals surface area contributed by atoms with E-state index in [-0.39, 0.29) is 18.2 Å². The molecular formula is C14H18F3NO. The van der Waals surface area contributed by atoms with Crippen molar-refractivity contribution in [3.05, 3.63) is 34.9 Å². The van der Waals surface area contributed by atoms with Gasteiger partial charge in [0.15, 0.2) is 5.78 Å². The van der Waals surface area contributed by atoms with Crippen LogP contribution in [0.2, 0.25) is 0 Å². The van der Waals surface area contributed by atoms with Gasteiger partial charge in [0.2, 0.25) is 0 Å². The highest BCUT2D eigenvalue weighted by Crippen LogP contribution is 2.30. The predicted octanol–water partition coefficient (Wildman–Crippen LogP) is 3.58. The van der Waals surface area contributed by atoms with Crippen molar-refractivity contribution >= 4 is 5.78 Å². The first kappa shape index (κ1) is 15.7. The molecule has 0 fully saturated rings. The van der Waals surface area contributed by atoms with Crippen molar-refractivity contribution < 1.29 is 18.0 Å². The van der Waals surface area contributed by atoms with Gasteiger partial charge in [-0.2, -0.15) is 13.2 Å². The fourth-order valence-electron chi connectivity index (χ4n) is 1.96. The van der Waals surface area contributed by atoms with Gasteiger partial charge in [-0.05, 0) is 38.1 Å². The number of carbonyl (C=O) groups is 1. The summed E-state index contributed by atoms with van der Waals surface area (Å²) < 4.78 is 37.5. The molecule has 0 aliphatic heterocycles. The Morgan fingerprint density at radius 3 is 2.47 bits per heavy atom. The molecule has 0 saturated carbocycles. The maximum absolute atomic E-state index is 12.5. The molecular weight excluding hydrogens is 255 g/mol. The summed E-state index contributed by atoms with van der Waals surface area (Å²) in [5.41, 5.74) is 0.00237. The monoisotopic (exact) mass is 273 g/mol. The molecule has 1 aromatic carbocycles. The zero-order valence-corrected chi connectivity index (χ0v) is 11.3. The molecule has 2 nitrogen and oxygen atoms in total. The van der Waals surface area contributed by atoms with Crippen molar-refractivity contribution in [2.75, 3.05) is 6.54 Å². The summed E-state index contributed by atoms with van der Waals surface area (Å²) in [7, 11) is 0. The van der Waals surface area contributed by atoms with Crippen molar-refractivity contribution in [3.8, 4) is 0 Å². The molecule has 1 N–H and O–H groups in total. The number of Topliss-reactive ketones (excluding diaryl/α,β-unsaturated/α-hetero) is 1. The van der Waals surface area contributed by atoms with Gasteiger partial charge < -0.3 is 5.32 Å². The first-order valence-corrected chi connectivity index (χ1v) is 6.20. The third kappa shape index (κ3) is 4.35. The number of carbonyl (C=O) groups excluding carboxylic acids is 1. The summed E-state index contributed by atoms with van der Waals surface area (Å²) in [6, 6.07) is 3.25. The first-order chi connectivity index (χ1) is 8.75. The molecule has 1 atom stereocenters. The van der Waals surface area contributed by atoms with E-state index >= 15 is 0 Å². The Balaban J connectivity index is 2.88. The Morgan fingerprint density at radius 1 is 1.37 bits per heavy atom. The fourth-order valence-corrected chi connectivity index (χ4v) is 1.96. The van der Waals surface area contributed by atoms with Crippen LogP contribution in [0, 0.1) is 6.92 Å². The number of halogens is 3. The van der Waals surface area contributed by atoms with Crippen LogP contribution in [-0.4, -0.2) is 18.4 Å². The lowest BCUT2D eigenvalue weighted by Gasteiger charge is -2.13. The molecule has 0 amide bonds. The first-order valence-electron chi connectivity index (χ1n) is 6.20. The normalized spacial score (nSPS) is 13.4. The molecule has 1 unspecified atom stereocenters. The SMILES string of the molecule is CCNC(C)CC(=O)c1ccc(C(F)(F)F)cc1C. The van der Waals surface area contributed by atoms with Crippen molar-refractivity contribution in [3.63, 3.8) is 0 Å². The number of nitrogens with one attached hydrogen (secondary N) is 1. The molecule has 0 spiro atoms. The average molecular weight is 273 g/mol. The molecule has 19 heavy (non-hydrogen) atoms. The number of ketones is 1. The number of benzene rings is 1. The van der Waals surface area contributed by atoms with E-state index < -0.39 is 11.7 Å². The summed E-state index contributed by atoms with van der Waals surface area (Å²) in [4.78, 5) is 12.0. The minimum Gasteiger partial charge on any atom is -0.314 e. The van der Waals surface area contributed by atoms with E-state index in [1.165, 1.54) is 13.0 Å². The zero-order valence-electron chi connectivity index (χ0n) is 11.3. The van der Waals surface area contributed by atoms with Gasteiger partial charge >= 0.3 is 6.18 Å². The van der Waals surface area contributed by atoms with Crippen LogP contribution in [0.4, 0.5) is 13.2 Å². The van der Waals surface area contributed by atoms with Crippen LogP contribution in [-0.2, 0) is 6.18 Å². The third-order valence-electron chi connectivity index (χ3n) is 2.90. The Bertz CT molecular complexity index is 454. The summed E-state index contributed by atoms with van der Waals surface area (Å²) in [6.45, 7) is 6.09. The van der Waals surface area contributed by atoms with Crippen molar-refractivity contribution in [2.24, 2.45) is 0 Å². The van der Waals surface area contributed by atoms with E-state index in [0.717, 1.165) is 18.7 Å². The van der Waals surface area contributed by atoms with Crippen LogP contribution in [0.3, 0.4) is 0 Å². The van der Waals surface area contributed by atoms with E-state index in [4.69, 9.17) is 0 Å². The maximum atomic E-state index is 12.5. The minimum atomic E-state index is -4.37. The lowest BCUT2D eigenvalue weighted by Crippen LogP contribution is -2.28. The summed E-state index contributed by atoms with van der Waals surface area (Å²) in [6.07, 6.45) is -4.09. The van der Waals surface area contributed by atoms with Gasteiger partial charge in [0.1, 0.15) is 0 Å². The second kappa shape index (κ2) is 6.19. The van der Waals surface area contributed by atoms with Crippen LogP contribution in [0.25, 0.3) is 0 Å². The van der Waals surface area contributed by atoms with Crippen molar-refractivity contribution in [2.45, 2.75) is 39.4 Å². The molecule has 0 aromatic heterocycles. The van der Waals surface area contributed by atoms with E-state index in [1.807, 2.05) is 13.8 Å². The second-order valence-corrected chi connectivity index (χ2v) is 4.61. The molecule has 0 bridgehead atoms. The van der Waals surface area contributed by atoms with E-state index in [9.17, 15) is 18.0 Å². The van der Waals surface area contributed by atoms with Gasteiger partial charge in [-0.3, -0.25) is 4.79 Å². The lowest BCUT2D eigenvalue weighted by atomic mass is 9.98. The highest BCUT2D eigenvalue weighted by molar-refractivity contribution is 5.97. The third-order valence-corrected chi connectivity index (χ3v) is 2.90. The Kier molecular flexibility index (Phi) is 5.11. The minimum absolute atomic E-state index is 0.0131. The van der Waals surface area contributed by atoms with Gasteiger partial charge in [0.25, 0.3) is 0 Å². The second-order valence-electron chi connectivity index (χ2n) is 4.61. The number of hydrogen-bond donors (Lipinski definition) is 1. The van der Waals surface area contributed by atoms with Crippen molar-refractivity contribution in [1.82, 2.24) is 5.32 Å². The predicted molar refractivity (Wildman–Crippen MR) is 68.3 cm³/mol. The molecule has 5 heteroatoms. The van der Waals surface area contributed by atoms with Gasteiger partial charge in [0.05, 0.1) is 5.56 Å². The van der Waals surface area contributed by atoms with Gasteiger partial charge in [-0.1, -0.05) is 13.0 Å².